The summed E-state index contributed by atoms with van der Waals surface area (Å²) in [5.74, 6) is -0.962. The first-order valence-electron chi connectivity index (χ1n) is 8.61. The lowest BCUT2D eigenvalue weighted by atomic mass is 10.0. The van der Waals surface area contributed by atoms with Gasteiger partial charge in [0.15, 0.2) is 0 Å². The lowest BCUT2D eigenvalue weighted by Crippen LogP contribution is -2.34. The van der Waals surface area contributed by atoms with Crippen molar-refractivity contribution in [3.63, 3.8) is 0 Å². The lowest BCUT2D eigenvalue weighted by Gasteiger charge is -2.16. The minimum atomic E-state index is -1.20. The van der Waals surface area contributed by atoms with Gasteiger partial charge in [0.1, 0.15) is 11.3 Å². The van der Waals surface area contributed by atoms with Gasteiger partial charge in [0.25, 0.3) is 5.91 Å². The number of benzene rings is 2. The highest BCUT2D eigenvalue weighted by Crippen LogP contribution is 2.24. The zero-order valence-corrected chi connectivity index (χ0v) is 15.3. The van der Waals surface area contributed by atoms with E-state index in [2.05, 4.69) is 15.5 Å². The van der Waals surface area contributed by atoms with Crippen LogP contribution in [0.15, 0.2) is 47.0 Å². The van der Waals surface area contributed by atoms with Gasteiger partial charge in [0, 0.05) is 24.1 Å². The molecule has 1 atom stereocenters. The fourth-order valence-corrected chi connectivity index (χ4v) is 2.83. The van der Waals surface area contributed by atoms with Crippen molar-refractivity contribution in [2.45, 2.75) is 26.3 Å². The molecule has 0 radical (unpaired) electrons. The predicted molar refractivity (Wildman–Crippen MR) is 100 cm³/mol. The number of carbonyl (C=O) groups excluding carboxylic acids is 1. The second-order valence-electron chi connectivity index (χ2n) is 6.41. The number of amides is 1. The number of carboxylic acids is 1. The first-order valence-corrected chi connectivity index (χ1v) is 8.61. The van der Waals surface area contributed by atoms with E-state index in [1.807, 2.05) is 0 Å². The zero-order valence-electron chi connectivity index (χ0n) is 15.3. The molecule has 1 heterocycles. The number of nitrogens with zero attached hydrogens (tertiary/aromatic N) is 2. The Morgan fingerprint density at radius 2 is 1.96 bits per heavy atom. The monoisotopic (exact) mass is 381 g/mol. The number of hydrogen-bond donors (Lipinski definition) is 3. The third kappa shape index (κ3) is 4.17. The Bertz CT molecular complexity index is 1030. The first-order chi connectivity index (χ1) is 13.3. The number of hydrogen-bond acceptors (Lipinski definition) is 6. The number of nitrogens with one attached hydrogen (secondary N) is 1. The normalized spacial score (nSPS) is 11.8. The van der Waals surface area contributed by atoms with Gasteiger partial charge in [0.05, 0.1) is 0 Å². The number of carboxylic acid groups (broad SMARTS) is 1. The summed E-state index contributed by atoms with van der Waals surface area (Å²) in [5.41, 5.74) is 1.36. The molecule has 1 amide bonds. The second kappa shape index (κ2) is 7.91. The summed E-state index contributed by atoms with van der Waals surface area (Å²) in [6.07, 6.45) is 0.280. The molecule has 2 aromatic carbocycles. The van der Waals surface area contributed by atoms with Crippen LogP contribution in [0.4, 0.5) is 0 Å². The third-order valence-electron chi connectivity index (χ3n) is 4.16. The molecule has 1 unspecified atom stereocenters. The molecule has 8 heteroatoms. The molecular weight excluding hydrogens is 362 g/mol. The smallest absolute Gasteiger partial charge is 0.339 e. The molecular formula is C20H19N3O5. The van der Waals surface area contributed by atoms with Crippen LogP contribution < -0.4 is 5.32 Å². The van der Waals surface area contributed by atoms with E-state index >= 15 is 0 Å². The van der Waals surface area contributed by atoms with Gasteiger partial charge in [0.2, 0.25) is 11.7 Å². The number of aryl methyl sites for hydroxylation is 1. The molecule has 28 heavy (non-hydrogen) atoms. The number of phenols is 1. The molecule has 0 saturated heterocycles. The molecule has 0 bridgehead atoms. The number of aromatic carboxylic acids is 1. The Morgan fingerprint density at radius 1 is 1.21 bits per heavy atom. The van der Waals surface area contributed by atoms with Crippen molar-refractivity contribution in [2.75, 3.05) is 0 Å². The number of aromatic nitrogens is 2. The maximum atomic E-state index is 12.6. The standard InChI is InChI=1S/C20H19N3O5/c1-11(9-13-5-4-8-16(17(13)24)20(26)27)21-19(25)15-7-3-6-14(10-15)18-22-12(2)28-23-18/h3-8,10-11,24H,9H2,1-2H3,(H,21,25)(H,26,27). The van der Waals surface area contributed by atoms with Crippen LogP contribution in [0.1, 0.15) is 39.1 Å². The van der Waals surface area contributed by atoms with Gasteiger partial charge in [-0.2, -0.15) is 4.98 Å². The van der Waals surface area contributed by atoms with Crippen LogP contribution in [0.3, 0.4) is 0 Å². The Hall–Kier alpha value is -3.68. The predicted octanol–water partition coefficient (Wildman–Crippen LogP) is 2.81. The van der Waals surface area contributed by atoms with Crippen LogP contribution >= 0.6 is 0 Å². The number of carbonyl (C=O) groups is 2. The molecule has 8 nitrogen and oxygen atoms in total. The number of aromatic hydroxyl groups is 1. The molecule has 144 valence electrons. The van der Waals surface area contributed by atoms with Crippen LogP contribution in [0.5, 0.6) is 5.75 Å². The minimum Gasteiger partial charge on any atom is -0.507 e. The van der Waals surface area contributed by atoms with Gasteiger partial charge in [-0.25, -0.2) is 4.79 Å². The largest absolute Gasteiger partial charge is 0.507 e. The Labute approximate surface area is 160 Å². The van der Waals surface area contributed by atoms with Crippen molar-refractivity contribution < 1.29 is 24.3 Å². The van der Waals surface area contributed by atoms with Crippen molar-refractivity contribution in [3.8, 4) is 17.1 Å². The molecule has 0 fully saturated rings. The summed E-state index contributed by atoms with van der Waals surface area (Å²) in [5, 5.41) is 25.9. The maximum Gasteiger partial charge on any atom is 0.339 e. The summed E-state index contributed by atoms with van der Waals surface area (Å²) in [4.78, 5) is 27.8. The highest BCUT2D eigenvalue weighted by molar-refractivity contribution is 5.95. The van der Waals surface area contributed by atoms with E-state index in [4.69, 9.17) is 9.63 Å². The maximum absolute atomic E-state index is 12.6. The van der Waals surface area contributed by atoms with Gasteiger partial charge in [-0.15, -0.1) is 0 Å². The van der Waals surface area contributed by atoms with E-state index in [-0.39, 0.29) is 29.7 Å². The number of rotatable bonds is 6. The summed E-state index contributed by atoms with van der Waals surface area (Å²) in [7, 11) is 0. The van der Waals surface area contributed by atoms with Gasteiger partial charge >= 0.3 is 5.97 Å². The van der Waals surface area contributed by atoms with E-state index < -0.39 is 5.97 Å². The SMILES string of the molecule is Cc1nc(-c2cccc(C(=O)NC(C)Cc3cccc(C(=O)O)c3O)c2)no1. The fraction of sp³-hybridized carbons (Fsp3) is 0.200. The third-order valence-corrected chi connectivity index (χ3v) is 4.16. The highest BCUT2D eigenvalue weighted by atomic mass is 16.5. The first kappa shape index (κ1) is 19.1. The summed E-state index contributed by atoms with van der Waals surface area (Å²) < 4.78 is 4.96. The van der Waals surface area contributed by atoms with Crippen molar-refractivity contribution in [1.82, 2.24) is 15.5 Å². The summed E-state index contributed by atoms with van der Waals surface area (Å²) in [6.45, 7) is 3.46. The molecule has 0 aliphatic carbocycles. The molecule has 3 N–H and O–H groups in total. The molecule has 0 aliphatic heterocycles. The number of para-hydroxylation sites is 1. The average molecular weight is 381 g/mol. The zero-order chi connectivity index (χ0) is 20.3. The molecule has 0 spiro atoms. The fourth-order valence-electron chi connectivity index (χ4n) is 2.83. The molecule has 0 saturated carbocycles. The van der Waals surface area contributed by atoms with Gasteiger partial charge in [-0.1, -0.05) is 29.4 Å². The average Bonchev–Trinajstić information content (AvgIpc) is 3.09. The van der Waals surface area contributed by atoms with Crippen molar-refractivity contribution >= 4 is 11.9 Å². The topological polar surface area (TPSA) is 126 Å². The molecule has 3 aromatic rings. The van der Waals surface area contributed by atoms with Crippen molar-refractivity contribution in [2.24, 2.45) is 0 Å². The van der Waals surface area contributed by atoms with E-state index in [0.29, 0.717) is 28.4 Å². The van der Waals surface area contributed by atoms with Crippen LogP contribution in [0, 0.1) is 6.92 Å². The van der Waals surface area contributed by atoms with Crippen LogP contribution in [0.25, 0.3) is 11.4 Å². The lowest BCUT2D eigenvalue weighted by molar-refractivity contribution is 0.0693. The van der Waals surface area contributed by atoms with Crippen molar-refractivity contribution in [3.05, 3.63) is 65.0 Å². The highest BCUT2D eigenvalue weighted by Gasteiger charge is 2.17. The Kier molecular flexibility index (Phi) is 5.39. The van der Waals surface area contributed by atoms with Crippen LogP contribution in [0.2, 0.25) is 0 Å². The van der Waals surface area contributed by atoms with Gasteiger partial charge in [-0.3, -0.25) is 4.79 Å². The van der Waals surface area contributed by atoms with E-state index in [9.17, 15) is 14.7 Å². The summed E-state index contributed by atoms with van der Waals surface area (Å²) >= 11 is 0. The molecule has 3 rings (SSSR count). The molecule has 0 aliphatic rings. The van der Waals surface area contributed by atoms with Crippen LogP contribution in [-0.4, -0.2) is 38.3 Å². The van der Waals surface area contributed by atoms with Crippen LogP contribution in [-0.2, 0) is 6.42 Å². The summed E-state index contributed by atoms with van der Waals surface area (Å²) in [6, 6.07) is 11.0. The van der Waals surface area contributed by atoms with Gasteiger partial charge < -0.3 is 20.1 Å². The minimum absolute atomic E-state index is 0.167. The Morgan fingerprint density at radius 3 is 2.64 bits per heavy atom. The van der Waals surface area contributed by atoms with E-state index in [1.54, 1.807) is 50.2 Å². The van der Waals surface area contributed by atoms with Crippen molar-refractivity contribution in [1.29, 1.82) is 0 Å². The molecule has 1 aromatic heterocycles. The second-order valence-corrected chi connectivity index (χ2v) is 6.41. The quantitative estimate of drug-likeness (QED) is 0.599. The Balaban J connectivity index is 1.71. The van der Waals surface area contributed by atoms with Gasteiger partial charge in [-0.05, 0) is 37.1 Å². The van der Waals surface area contributed by atoms with E-state index in [1.165, 1.54) is 6.07 Å². The van der Waals surface area contributed by atoms with E-state index in [0.717, 1.165) is 0 Å².